The Kier molecular flexibility index (Phi) is 5.47. The van der Waals surface area contributed by atoms with Crippen molar-refractivity contribution in [2.75, 3.05) is 13.2 Å². The van der Waals surface area contributed by atoms with Crippen LogP contribution in [0.15, 0.2) is 42.5 Å². The van der Waals surface area contributed by atoms with Gasteiger partial charge in [-0.15, -0.1) is 0 Å². The molecule has 126 valence electrons. The van der Waals surface area contributed by atoms with E-state index in [0.717, 1.165) is 18.6 Å². The number of hydrogen-bond donors (Lipinski definition) is 1. The summed E-state index contributed by atoms with van der Waals surface area (Å²) < 4.78 is 19.2. The van der Waals surface area contributed by atoms with Crippen molar-refractivity contribution in [2.24, 2.45) is 0 Å². The minimum atomic E-state index is -0.349. The predicted molar refractivity (Wildman–Crippen MR) is 91.7 cm³/mol. The molecule has 0 unspecified atom stereocenters. The van der Waals surface area contributed by atoms with Crippen molar-refractivity contribution in [3.8, 4) is 5.75 Å². The highest BCUT2D eigenvalue weighted by molar-refractivity contribution is 5.78. The Bertz CT molecular complexity index is 715. The molecule has 0 bridgehead atoms. The summed E-state index contributed by atoms with van der Waals surface area (Å²) in [6.07, 6.45) is 4.82. The number of fused-ring (bicyclic) bond motifs is 1. The van der Waals surface area contributed by atoms with Crippen LogP contribution in [0.4, 0.5) is 4.39 Å². The molecule has 4 heteroatoms. The third-order valence-electron chi connectivity index (χ3n) is 4.32. The molecule has 1 amide bonds. The van der Waals surface area contributed by atoms with Gasteiger partial charge in [-0.05, 0) is 60.6 Å². The van der Waals surface area contributed by atoms with Gasteiger partial charge in [-0.3, -0.25) is 4.79 Å². The third-order valence-corrected chi connectivity index (χ3v) is 4.32. The van der Waals surface area contributed by atoms with E-state index < -0.39 is 0 Å². The number of ether oxygens (including phenoxy) is 1. The Labute approximate surface area is 141 Å². The maximum atomic E-state index is 13.5. The van der Waals surface area contributed by atoms with Crippen LogP contribution in [0.5, 0.6) is 5.75 Å². The Balaban J connectivity index is 1.42. The number of nitrogens with one attached hydrogen (secondary N) is 1. The average molecular weight is 327 g/mol. The molecule has 1 aliphatic rings. The van der Waals surface area contributed by atoms with Crippen molar-refractivity contribution in [3.63, 3.8) is 0 Å². The van der Waals surface area contributed by atoms with Crippen molar-refractivity contribution in [1.29, 1.82) is 0 Å². The molecule has 3 rings (SSSR count). The topological polar surface area (TPSA) is 38.3 Å². The second-order valence-electron chi connectivity index (χ2n) is 6.10. The van der Waals surface area contributed by atoms with Gasteiger partial charge in [0.05, 0.1) is 13.0 Å². The predicted octanol–water partition coefficient (Wildman–Crippen LogP) is 3.44. The number of aryl methyl sites for hydroxylation is 2. The lowest BCUT2D eigenvalue weighted by Gasteiger charge is -2.17. The fourth-order valence-corrected chi connectivity index (χ4v) is 3.04. The molecule has 0 saturated heterocycles. The maximum absolute atomic E-state index is 13.5. The van der Waals surface area contributed by atoms with Gasteiger partial charge < -0.3 is 10.1 Å². The van der Waals surface area contributed by atoms with Gasteiger partial charge in [-0.25, -0.2) is 4.39 Å². The molecule has 2 aromatic rings. The van der Waals surface area contributed by atoms with Crippen LogP contribution in [-0.4, -0.2) is 19.1 Å². The Hall–Kier alpha value is -2.36. The first-order valence-corrected chi connectivity index (χ1v) is 8.47. The zero-order chi connectivity index (χ0) is 16.8. The largest absolute Gasteiger partial charge is 0.492 e. The van der Waals surface area contributed by atoms with E-state index >= 15 is 0 Å². The monoisotopic (exact) mass is 327 g/mol. The second kappa shape index (κ2) is 7.95. The van der Waals surface area contributed by atoms with Gasteiger partial charge >= 0.3 is 0 Å². The van der Waals surface area contributed by atoms with Gasteiger partial charge in [-0.2, -0.15) is 0 Å². The number of carbonyl (C=O) groups excluding carboxylic acids is 1. The highest BCUT2D eigenvalue weighted by atomic mass is 19.1. The van der Waals surface area contributed by atoms with E-state index in [9.17, 15) is 9.18 Å². The van der Waals surface area contributed by atoms with E-state index in [-0.39, 0.29) is 18.1 Å². The molecule has 24 heavy (non-hydrogen) atoms. The molecule has 0 aromatic heterocycles. The normalized spacial score (nSPS) is 13.2. The summed E-state index contributed by atoms with van der Waals surface area (Å²) >= 11 is 0. The molecule has 0 atom stereocenters. The SMILES string of the molecule is O=C(Cc1ccccc1F)NCCOc1ccc2c(c1)CCCC2. The molecule has 0 heterocycles. The zero-order valence-electron chi connectivity index (χ0n) is 13.7. The fourth-order valence-electron chi connectivity index (χ4n) is 3.04. The summed E-state index contributed by atoms with van der Waals surface area (Å²) in [4.78, 5) is 11.8. The van der Waals surface area contributed by atoms with Crippen molar-refractivity contribution >= 4 is 5.91 Å². The van der Waals surface area contributed by atoms with Crippen molar-refractivity contribution in [2.45, 2.75) is 32.1 Å². The van der Waals surface area contributed by atoms with E-state index in [4.69, 9.17) is 4.74 Å². The minimum absolute atomic E-state index is 0.0471. The lowest BCUT2D eigenvalue weighted by molar-refractivity contribution is -0.120. The van der Waals surface area contributed by atoms with Gasteiger partial charge in [0.2, 0.25) is 5.91 Å². The number of carbonyl (C=O) groups is 1. The molecule has 0 radical (unpaired) electrons. The summed E-state index contributed by atoms with van der Waals surface area (Å²) in [7, 11) is 0. The molecule has 2 aromatic carbocycles. The van der Waals surface area contributed by atoms with Gasteiger partial charge in [0.15, 0.2) is 0 Å². The van der Waals surface area contributed by atoms with Crippen LogP contribution in [0.2, 0.25) is 0 Å². The first-order chi connectivity index (χ1) is 11.7. The first-order valence-electron chi connectivity index (χ1n) is 8.47. The number of rotatable bonds is 6. The number of hydrogen-bond acceptors (Lipinski definition) is 2. The van der Waals surface area contributed by atoms with Gasteiger partial charge in [-0.1, -0.05) is 24.3 Å². The number of amides is 1. The van der Waals surface area contributed by atoms with Crippen LogP contribution in [0, 0.1) is 5.82 Å². The number of benzene rings is 2. The van der Waals surface area contributed by atoms with Crippen molar-refractivity contribution in [3.05, 3.63) is 65.0 Å². The van der Waals surface area contributed by atoms with Crippen molar-refractivity contribution < 1.29 is 13.9 Å². The smallest absolute Gasteiger partial charge is 0.224 e. The Morgan fingerprint density at radius 1 is 1.08 bits per heavy atom. The van der Waals surface area contributed by atoms with Gasteiger partial charge in [0, 0.05) is 0 Å². The van der Waals surface area contributed by atoms with Crippen LogP contribution >= 0.6 is 0 Å². The molecule has 3 nitrogen and oxygen atoms in total. The maximum Gasteiger partial charge on any atom is 0.224 e. The van der Waals surface area contributed by atoms with Crippen molar-refractivity contribution in [1.82, 2.24) is 5.32 Å². The van der Waals surface area contributed by atoms with Crippen LogP contribution in [0.25, 0.3) is 0 Å². The van der Waals surface area contributed by atoms with Gasteiger partial charge in [0.25, 0.3) is 0 Å². The fraction of sp³-hybridized carbons (Fsp3) is 0.350. The minimum Gasteiger partial charge on any atom is -0.492 e. The Morgan fingerprint density at radius 3 is 2.71 bits per heavy atom. The van der Waals surface area contributed by atoms with E-state index in [1.54, 1.807) is 18.2 Å². The number of halogens is 1. The van der Waals surface area contributed by atoms with E-state index in [0.29, 0.717) is 18.7 Å². The Morgan fingerprint density at radius 2 is 1.88 bits per heavy atom. The summed E-state index contributed by atoms with van der Waals surface area (Å²) in [6, 6.07) is 12.6. The van der Waals surface area contributed by atoms with Gasteiger partial charge in [0.1, 0.15) is 18.2 Å². The zero-order valence-corrected chi connectivity index (χ0v) is 13.7. The second-order valence-corrected chi connectivity index (χ2v) is 6.10. The van der Waals surface area contributed by atoms with Crippen LogP contribution in [0.3, 0.4) is 0 Å². The van der Waals surface area contributed by atoms with Crippen LogP contribution < -0.4 is 10.1 Å². The summed E-state index contributed by atoms with van der Waals surface area (Å²) in [5, 5.41) is 2.76. The molecular formula is C20H22FNO2. The van der Waals surface area contributed by atoms with Crippen LogP contribution in [-0.2, 0) is 24.1 Å². The lowest BCUT2D eigenvalue weighted by atomic mass is 9.92. The quantitative estimate of drug-likeness (QED) is 0.826. The lowest BCUT2D eigenvalue weighted by Crippen LogP contribution is -2.29. The third kappa shape index (κ3) is 4.34. The van der Waals surface area contributed by atoms with E-state index in [2.05, 4.69) is 17.4 Å². The molecular weight excluding hydrogens is 305 g/mol. The highest BCUT2D eigenvalue weighted by Crippen LogP contribution is 2.25. The summed E-state index contributed by atoms with van der Waals surface area (Å²) in [5.41, 5.74) is 3.21. The van der Waals surface area contributed by atoms with E-state index in [1.165, 1.54) is 30.0 Å². The highest BCUT2D eigenvalue weighted by Gasteiger charge is 2.10. The molecule has 0 aliphatic heterocycles. The molecule has 0 fully saturated rings. The molecule has 0 saturated carbocycles. The van der Waals surface area contributed by atoms with E-state index in [1.807, 2.05) is 6.07 Å². The van der Waals surface area contributed by atoms with Crippen LogP contribution in [0.1, 0.15) is 29.5 Å². The molecule has 1 N–H and O–H groups in total. The summed E-state index contributed by atoms with van der Waals surface area (Å²) in [6.45, 7) is 0.812. The summed E-state index contributed by atoms with van der Waals surface area (Å²) in [5.74, 6) is 0.297. The first kappa shape index (κ1) is 16.5. The standard InChI is InChI=1S/C20H22FNO2/c21-19-8-4-3-7-17(19)14-20(23)22-11-12-24-18-10-9-15-5-1-2-6-16(15)13-18/h3-4,7-10,13H,1-2,5-6,11-12,14H2,(H,22,23). The average Bonchev–Trinajstić information content (AvgIpc) is 2.60. The molecule has 0 spiro atoms. The molecule has 1 aliphatic carbocycles.